The van der Waals surface area contributed by atoms with Crippen LogP contribution in [0, 0.1) is 17.6 Å². The topological polar surface area (TPSA) is 106 Å². The first kappa shape index (κ1) is 24.2. The van der Waals surface area contributed by atoms with Crippen LogP contribution in [-0.2, 0) is 0 Å². The van der Waals surface area contributed by atoms with E-state index in [0.29, 0.717) is 44.5 Å². The van der Waals surface area contributed by atoms with Crippen molar-refractivity contribution >= 4 is 11.9 Å². The lowest BCUT2D eigenvalue weighted by Crippen LogP contribution is -2.36. The second kappa shape index (κ2) is 10.2. The number of anilines is 2. The van der Waals surface area contributed by atoms with Gasteiger partial charge >= 0.3 is 6.43 Å². The Morgan fingerprint density at radius 1 is 1.06 bits per heavy atom. The number of halogens is 4. The van der Waals surface area contributed by atoms with Gasteiger partial charge in [0, 0.05) is 38.1 Å². The number of hydrogen-bond acceptors (Lipinski definition) is 9. The largest absolute Gasteiger partial charge is 0.490 e. The molecule has 0 unspecified atom stereocenters. The highest BCUT2D eigenvalue weighted by Crippen LogP contribution is 2.31. The summed E-state index contributed by atoms with van der Waals surface area (Å²) in [5, 5.41) is 3.62. The van der Waals surface area contributed by atoms with Crippen LogP contribution in [0.2, 0.25) is 0 Å². The molecule has 9 nitrogen and oxygen atoms in total. The van der Waals surface area contributed by atoms with E-state index in [1.807, 2.05) is 9.80 Å². The Bertz CT molecular complexity index is 1170. The molecule has 2 saturated heterocycles. The van der Waals surface area contributed by atoms with Crippen LogP contribution in [0.5, 0.6) is 5.75 Å². The van der Waals surface area contributed by atoms with Gasteiger partial charge in [-0.15, -0.1) is 0 Å². The first-order valence-electron chi connectivity index (χ1n) is 11.6. The minimum absolute atomic E-state index is 0.178. The van der Waals surface area contributed by atoms with Crippen LogP contribution in [-0.4, -0.2) is 58.9 Å². The normalized spacial score (nSPS) is 20.9. The van der Waals surface area contributed by atoms with Crippen molar-refractivity contribution in [2.45, 2.75) is 31.2 Å². The summed E-state index contributed by atoms with van der Waals surface area (Å²) in [6.45, 7) is 2.46. The van der Waals surface area contributed by atoms with Crippen molar-refractivity contribution in [3.8, 4) is 5.75 Å². The second-order valence-corrected chi connectivity index (χ2v) is 9.03. The van der Waals surface area contributed by atoms with Gasteiger partial charge in [0.25, 0.3) is 11.8 Å². The third-order valence-corrected chi connectivity index (χ3v) is 6.62. The van der Waals surface area contributed by atoms with Gasteiger partial charge in [-0.2, -0.15) is 13.8 Å². The highest BCUT2D eigenvalue weighted by Gasteiger charge is 2.34. The maximum atomic E-state index is 14.2. The van der Waals surface area contributed by atoms with Crippen LogP contribution in [0.15, 0.2) is 35.1 Å². The molecule has 2 N–H and O–H groups in total. The van der Waals surface area contributed by atoms with E-state index >= 15 is 0 Å². The summed E-state index contributed by atoms with van der Waals surface area (Å²) in [7, 11) is 0. The summed E-state index contributed by atoms with van der Waals surface area (Å²) < 4.78 is 63.6. The number of nitrogens with zero attached hydrogens (tertiary/aromatic N) is 6. The first-order chi connectivity index (χ1) is 17.4. The van der Waals surface area contributed by atoms with E-state index in [4.69, 9.17) is 10.5 Å². The van der Waals surface area contributed by atoms with Gasteiger partial charge in [0.1, 0.15) is 11.6 Å². The van der Waals surface area contributed by atoms with Crippen molar-refractivity contribution in [2.24, 2.45) is 11.7 Å². The number of piperidine rings is 1. The molecule has 4 heterocycles. The Labute approximate surface area is 204 Å². The molecule has 13 heteroatoms. The summed E-state index contributed by atoms with van der Waals surface area (Å²) in [6, 6.07) is 3.00. The Balaban J connectivity index is 1.11. The molecule has 0 spiro atoms. The van der Waals surface area contributed by atoms with Crippen molar-refractivity contribution < 1.29 is 26.8 Å². The minimum atomic E-state index is -2.79. The third-order valence-electron chi connectivity index (χ3n) is 6.62. The zero-order valence-corrected chi connectivity index (χ0v) is 19.2. The monoisotopic (exact) mass is 507 g/mol. The average molecular weight is 507 g/mol. The van der Waals surface area contributed by atoms with E-state index in [1.54, 1.807) is 12.4 Å². The highest BCUT2D eigenvalue weighted by molar-refractivity contribution is 5.39. The van der Waals surface area contributed by atoms with Crippen molar-refractivity contribution in [3.63, 3.8) is 0 Å². The number of ether oxygens (including phenoxy) is 1. The maximum absolute atomic E-state index is 14.2. The molecule has 1 aromatic carbocycles. The highest BCUT2D eigenvalue weighted by atomic mass is 19.3. The summed E-state index contributed by atoms with van der Waals surface area (Å²) in [6.07, 6.45) is 1.92. The van der Waals surface area contributed by atoms with E-state index in [0.717, 1.165) is 25.0 Å². The number of nitrogens with two attached hydrogens (primary N) is 1. The number of hydrogen-bond donors (Lipinski definition) is 1. The summed E-state index contributed by atoms with van der Waals surface area (Å²) in [5.74, 6) is -0.642. The van der Waals surface area contributed by atoms with Gasteiger partial charge in [0.2, 0.25) is 5.95 Å². The first-order valence-corrected chi connectivity index (χ1v) is 11.6. The molecule has 5 rings (SSSR count). The molecule has 2 fully saturated rings. The Morgan fingerprint density at radius 3 is 2.50 bits per heavy atom. The summed E-state index contributed by atoms with van der Waals surface area (Å²) in [4.78, 5) is 16.1. The lowest BCUT2D eigenvalue weighted by atomic mass is 9.94. The van der Waals surface area contributed by atoms with Crippen LogP contribution < -0.4 is 20.3 Å². The molecule has 2 aromatic heterocycles. The van der Waals surface area contributed by atoms with Gasteiger partial charge in [-0.25, -0.2) is 18.7 Å². The molecule has 0 bridgehead atoms. The SMILES string of the molecule is N[C@H]1CN(c2ncc(OCC3CCN(c4noc(C(F)F)n4)CC3)cn2)C[C@@H]1c1cc(F)ccc1F. The van der Waals surface area contributed by atoms with Crippen LogP contribution in [0.3, 0.4) is 0 Å². The molecule has 2 atom stereocenters. The molecule has 3 aromatic rings. The summed E-state index contributed by atoms with van der Waals surface area (Å²) in [5.41, 5.74) is 6.47. The number of alkyl halides is 2. The molecular weight excluding hydrogens is 482 g/mol. The zero-order chi connectivity index (χ0) is 25.2. The smallest absolute Gasteiger partial charge is 0.316 e. The molecule has 0 radical (unpaired) electrons. The van der Waals surface area contributed by atoms with Gasteiger partial charge < -0.3 is 24.8 Å². The molecule has 0 saturated carbocycles. The molecule has 36 heavy (non-hydrogen) atoms. The lowest BCUT2D eigenvalue weighted by molar-refractivity contribution is 0.106. The standard InChI is InChI=1S/C23H25F4N7O2/c24-14-1-2-18(25)16(7-14)17-10-34(11-19(17)28)22-29-8-15(9-30-22)35-12-13-3-5-33(6-4-13)23-31-21(20(26)27)36-32-23/h1-2,7-9,13,17,19-20H,3-6,10-12,28H2/t17-,19+/m1/s1. The van der Waals surface area contributed by atoms with Crippen molar-refractivity contribution in [1.29, 1.82) is 0 Å². The third kappa shape index (κ3) is 5.20. The predicted octanol–water partition coefficient (Wildman–Crippen LogP) is 3.30. The second-order valence-electron chi connectivity index (χ2n) is 9.03. The van der Waals surface area contributed by atoms with Crippen LogP contribution in [0.4, 0.5) is 29.5 Å². The quantitative estimate of drug-likeness (QED) is 0.482. The van der Waals surface area contributed by atoms with Crippen LogP contribution in [0.25, 0.3) is 0 Å². The van der Waals surface area contributed by atoms with E-state index in [2.05, 4.69) is 24.6 Å². The van der Waals surface area contributed by atoms with Gasteiger partial charge in [-0.3, -0.25) is 0 Å². The van der Waals surface area contributed by atoms with Gasteiger partial charge in [-0.1, -0.05) is 0 Å². The van der Waals surface area contributed by atoms with E-state index in [-0.39, 0.29) is 29.4 Å². The Morgan fingerprint density at radius 2 is 1.81 bits per heavy atom. The number of benzene rings is 1. The van der Waals surface area contributed by atoms with Crippen molar-refractivity contribution in [1.82, 2.24) is 20.1 Å². The number of rotatable bonds is 7. The lowest BCUT2D eigenvalue weighted by Gasteiger charge is -2.30. The predicted molar refractivity (Wildman–Crippen MR) is 121 cm³/mol. The molecule has 2 aliphatic rings. The molecule has 0 amide bonds. The van der Waals surface area contributed by atoms with Gasteiger partial charge in [-0.05, 0) is 47.7 Å². The summed E-state index contributed by atoms with van der Waals surface area (Å²) >= 11 is 0. The van der Waals surface area contributed by atoms with Crippen molar-refractivity contribution in [2.75, 3.05) is 42.6 Å². The fourth-order valence-electron chi connectivity index (χ4n) is 4.63. The van der Waals surface area contributed by atoms with Crippen molar-refractivity contribution in [3.05, 3.63) is 53.7 Å². The zero-order valence-electron chi connectivity index (χ0n) is 19.2. The van der Waals surface area contributed by atoms with Gasteiger partial charge in [0.05, 0.1) is 19.0 Å². The van der Waals surface area contributed by atoms with E-state index < -0.39 is 24.0 Å². The fourth-order valence-corrected chi connectivity index (χ4v) is 4.63. The maximum Gasteiger partial charge on any atom is 0.316 e. The Kier molecular flexibility index (Phi) is 6.90. The molecule has 192 valence electrons. The number of aromatic nitrogens is 4. The van der Waals surface area contributed by atoms with E-state index in [9.17, 15) is 17.6 Å². The minimum Gasteiger partial charge on any atom is -0.490 e. The molecular formula is C23H25F4N7O2. The van der Waals surface area contributed by atoms with Crippen LogP contribution >= 0.6 is 0 Å². The molecule has 0 aliphatic carbocycles. The fraction of sp³-hybridized carbons (Fsp3) is 0.478. The van der Waals surface area contributed by atoms with Gasteiger partial charge in [0.15, 0.2) is 5.75 Å². The van der Waals surface area contributed by atoms with Crippen LogP contribution in [0.1, 0.15) is 36.6 Å². The Hall–Kier alpha value is -3.48. The molecule has 2 aliphatic heterocycles. The van der Waals surface area contributed by atoms with E-state index in [1.165, 1.54) is 6.07 Å². The average Bonchev–Trinajstić information content (AvgIpc) is 3.52.